The van der Waals surface area contributed by atoms with Crippen molar-refractivity contribution in [1.82, 2.24) is 10.2 Å². The summed E-state index contributed by atoms with van der Waals surface area (Å²) in [7, 11) is 0. The predicted molar refractivity (Wildman–Crippen MR) is 89.3 cm³/mol. The van der Waals surface area contributed by atoms with Crippen LogP contribution in [0.3, 0.4) is 0 Å². The van der Waals surface area contributed by atoms with Crippen LogP contribution in [0.25, 0.3) is 0 Å². The molecule has 4 nitrogen and oxygen atoms in total. The molecule has 1 heterocycles. The van der Waals surface area contributed by atoms with Gasteiger partial charge < -0.3 is 10.2 Å². The Kier molecular flexibility index (Phi) is 4.71. The lowest BCUT2D eigenvalue weighted by Crippen LogP contribution is -2.43. The number of carbonyl (C=O) groups excluding carboxylic acids is 2. The second-order valence-electron chi connectivity index (χ2n) is 5.74. The van der Waals surface area contributed by atoms with Crippen LogP contribution in [-0.2, 0) is 0 Å². The average molecular weight is 308 g/mol. The fourth-order valence-corrected chi connectivity index (χ4v) is 2.96. The summed E-state index contributed by atoms with van der Waals surface area (Å²) in [6.07, 6.45) is 1.90. The predicted octanol–water partition coefficient (Wildman–Crippen LogP) is 2.72. The summed E-state index contributed by atoms with van der Waals surface area (Å²) >= 11 is 0. The molecule has 0 aromatic heterocycles. The van der Waals surface area contributed by atoms with Gasteiger partial charge in [-0.25, -0.2) is 0 Å². The van der Waals surface area contributed by atoms with E-state index in [4.69, 9.17) is 0 Å². The summed E-state index contributed by atoms with van der Waals surface area (Å²) in [6, 6.07) is 18.5. The smallest absolute Gasteiger partial charge is 0.254 e. The van der Waals surface area contributed by atoms with Gasteiger partial charge in [0.05, 0.1) is 0 Å². The van der Waals surface area contributed by atoms with Crippen LogP contribution in [0.2, 0.25) is 0 Å². The van der Waals surface area contributed by atoms with Crippen molar-refractivity contribution in [3.8, 4) is 0 Å². The molecule has 1 atom stereocenters. The minimum Gasteiger partial charge on any atom is -0.350 e. The van der Waals surface area contributed by atoms with Crippen molar-refractivity contribution in [2.45, 2.75) is 18.9 Å². The largest absolute Gasteiger partial charge is 0.350 e. The summed E-state index contributed by atoms with van der Waals surface area (Å²) < 4.78 is 0. The molecule has 1 N–H and O–H groups in total. The highest BCUT2D eigenvalue weighted by Crippen LogP contribution is 2.19. The molecular weight excluding hydrogens is 288 g/mol. The third kappa shape index (κ3) is 3.59. The Morgan fingerprint density at radius 3 is 2.22 bits per heavy atom. The second-order valence-corrected chi connectivity index (χ2v) is 5.74. The van der Waals surface area contributed by atoms with E-state index in [-0.39, 0.29) is 17.9 Å². The van der Waals surface area contributed by atoms with Gasteiger partial charge in [-0.15, -0.1) is 0 Å². The van der Waals surface area contributed by atoms with Crippen LogP contribution in [-0.4, -0.2) is 35.8 Å². The molecule has 1 fully saturated rings. The normalized spacial score (nSPS) is 17.0. The van der Waals surface area contributed by atoms with Crippen LogP contribution in [0.5, 0.6) is 0 Å². The Bertz CT molecular complexity index is 670. The van der Waals surface area contributed by atoms with Crippen LogP contribution < -0.4 is 5.32 Å². The standard InChI is InChI=1S/C19H20N2O2/c22-18(15-8-3-1-4-9-15)20-14-17-12-7-13-21(17)19(23)16-10-5-2-6-11-16/h1-6,8-11,17H,7,12-14H2,(H,20,22). The maximum Gasteiger partial charge on any atom is 0.254 e. The number of nitrogens with zero attached hydrogens (tertiary/aromatic N) is 1. The topological polar surface area (TPSA) is 49.4 Å². The molecule has 118 valence electrons. The van der Waals surface area contributed by atoms with Crippen molar-refractivity contribution in [3.63, 3.8) is 0 Å². The van der Waals surface area contributed by atoms with Gasteiger partial charge in [0.25, 0.3) is 11.8 Å². The van der Waals surface area contributed by atoms with E-state index in [1.165, 1.54) is 0 Å². The quantitative estimate of drug-likeness (QED) is 0.944. The number of hydrogen-bond acceptors (Lipinski definition) is 2. The Balaban J connectivity index is 1.61. The van der Waals surface area contributed by atoms with Gasteiger partial charge in [0.2, 0.25) is 0 Å². The molecule has 23 heavy (non-hydrogen) atoms. The molecule has 3 rings (SSSR count). The van der Waals surface area contributed by atoms with Crippen LogP contribution in [0.1, 0.15) is 33.6 Å². The minimum absolute atomic E-state index is 0.0436. The molecule has 1 unspecified atom stereocenters. The molecule has 1 aliphatic heterocycles. The van der Waals surface area contributed by atoms with Gasteiger partial charge in [-0.05, 0) is 37.1 Å². The third-order valence-corrected chi connectivity index (χ3v) is 4.19. The first kappa shape index (κ1) is 15.3. The number of carbonyl (C=O) groups is 2. The van der Waals surface area contributed by atoms with E-state index in [0.29, 0.717) is 17.7 Å². The maximum atomic E-state index is 12.6. The lowest BCUT2D eigenvalue weighted by Gasteiger charge is -2.25. The summed E-state index contributed by atoms with van der Waals surface area (Å²) in [5, 5.41) is 2.94. The van der Waals surface area contributed by atoms with E-state index in [1.807, 2.05) is 53.4 Å². The van der Waals surface area contributed by atoms with Gasteiger partial charge in [0.15, 0.2) is 0 Å². The molecule has 1 saturated heterocycles. The lowest BCUT2D eigenvalue weighted by atomic mass is 10.1. The van der Waals surface area contributed by atoms with E-state index in [0.717, 1.165) is 19.4 Å². The molecule has 1 aliphatic rings. The van der Waals surface area contributed by atoms with Crippen molar-refractivity contribution in [3.05, 3.63) is 71.8 Å². The number of amides is 2. The molecule has 4 heteroatoms. The van der Waals surface area contributed by atoms with Crippen LogP contribution in [0.15, 0.2) is 60.7 Å². The Morgan fingerprint density at radius 2 is 1.57 bits per heavy atom. The molecule has 0 bridgehead atoms. The minimum atomic E-state index is -0.0930. The van der Waals surface area contributed by atoms with E-state index in [2.05, 4.69) is 5.32 Å². The van der Waals surface area contributed by atoms with E-state index >= 15 is 0 Å². The zero-order valence-corrected chi connectivity index (χ0v) is 12.9. The van der Waals surface area contributed by atoms with E-state index < -0.39 is 0 Å². The number of rotatable bonds is 4. The van der Waals surface area contributed by atoms with Crippen molar-refractivity contribution < 1.29 is 9.59 Å². The van der Waals surface area contributed by atoms with Gasteiger partial charge in [-0.1, -0.05) is 36.4 Å². The number of likely N-dealkylation sites (tertiary alicyclic amines) is 1. The SMILES string of the molecule is O=C(NCC1CCCN1C(=O)c1ccccc1)c1ccccc1. The molecular formula is C19H20N2O2. The molecule has 2 aromatic carbocycles. The highest BCUT2D eigenvalue weighted by Gasteiger charge is 2.29. The zero-order valence-electron chi connectivity index (χ0n) is 12.9. The lowest BCUT2D eigenvalue weighted by molar-refractivity contribution is 0.0725. The summed E-state index contributed by atoms with van der Waals surface area (Å²) in [5.41, 5.74) is 1.35. The summed E-state index contributed by atoms with van der Waals surface area (Å²) in [6.45, 7) is 1.24. The van der Waals surface area contributed by atoms with E-state index in [1.54, 1.807) is 12.1 Å². The maximum absolute atomic E-state index is 12.6. The average Bonchev–Trinajstić information content (AvgIpc) is 3.09. The first-order valence-electron chi connectivity index (χ1n) is 7.95. The highest BCUT2D eigenvalue weighted by molar-refractivity contribution is 5.95. The first-order chi connectivity index (χ1) is 11.3. The molecule has 0 saturated carbocycles. The molecule has 0 spiro atoms. The summed E-state index contributed by atoms with van der Waals surface area (Å²) in [4.78, 5) is 26.6. The van der Waals surface area contributed by atoms with Gasteiger partial charge in [0.1, 0.15) is 0 Å². The zero-order chi connectivity index (χ0) is 16.1. The molecule has 2 amide bonds. The first-order valence-corrected chi connectivity index (χ1v) is 7.95. The highest BCUT2D eigenvalue weighted by atomic mass is 16.2. The number of benzene rings is 2. The van der Waals surface area contributed by atoms with Crippen LogP contribution in [0, 0.1) is 0 Å². The van der Waals surface area contributed by atoms with Crippen molar-refractivity contribution in [1.29, 1.82) is 0 Å². The van der Waals surface area contributed by atoms with Gasteiger partial charge in [0, 0.05) is 30.3 Å². The fraction of sp³-hybridized carbons (Fsp3) is 0.263. The molecule has 0 aliphatic carbocycles. The second kappa shape index (κ2) is 7.09. The van der Waals surface area contributed by atoms with Crippen LogP contribution in [0.4, 0.5) is 0 Å². The summed E-state index contributed by atoms with van der Waals surface area (Å²) in [5.74, 6) is -0.0494. The molecule has 2 aromatic rings. The van der Waals surface area contributed by atoms with Crippen molar-refractivity contribution in [2.75, 3.05) is 13.1 Å². The Hall–Kier alpha value is -2.62. The fourth-order valence-electron chi connectivity index (χ4n) is 2.96. The Labute approximate surface area is 136 Å². The van der Waals surface area contributed by atoms with Crippen LogP contribution >= 0.6 is 0 Å². The van der Waals surface area contributed by atoms with Gasteiger partial charge >= 0.3 is 0 Å². The Morgan fingerprint density at radius 1 is 0.957 bits per heavy atom. The van der Waals surface area contributed by atoms with Crippen molar-refractivity contribution >= 4 is 11.8 Å². The van der Waals surface area contributed by atoms with Gasteiger partial charge in [-0.3, -0.25) is 9.59 Å². The van der Waals surface area contributed by atoms with E-state index in [9.17, 15) is 9.59 Å². The number of hydrogen-bond donors (Lipinski definition) is 1. The third-order valence-electron chi connectivity index (χ3n) is 4.19. The monoisotopic (exact) mass is 308 g/mol. The van der Waals surface area contributed by atoms with Gasteiger partial charge in [-0.2, -0.15) is 0 Å². The number of nitrogens with one attached hydrogen (secondary N) is 1. The molecule has 0 radical (unpaired) electrons. The van der Waals surface area contributed by atoms with Crippen molar-refractivity contribution in [2.24, 2.45) is 0 Å².